The maximum Gasteiger partial charge on any atom is 0.282 e. The number of quaternary nitrogens is 2. The molecule has 0 unspecified atom stereocenters. The summed E-state index contributed by atoms with van der Waals surface area (Å²) in [6.07, 6.45) is 0. The second-order valence-corrected chi connectivity index (χ2v) is 8.16. The highest BCUT2D eigenvalue weighted by Crippen LogP contribution is 2.29. The number of rotatable bonds is 8. The van der Waals surface area contributed by atoms with Crippen LogP contribution in [-0.2, 0) is 11.3 Å². The van der Waals surface area contributed by atoms with Crippen LogP contribution < -0.4 is 29.3 Å². The fourth-order valence-electron chi connectivity index (χ4n) is 4.15. The van der Waals surface area contributed by atoms with Gasteiger partial charge in [-0.3, -0.25) is 4.79 Å². The number of nitrogens with one attached hydrogen (secondary N) is 3. The molecule has 1 amide bonds. The van der Waals surface area contributed by atoms with Gasteiger partial charge in [-0.25, -0.2) is 0 Å². The van der Waals surface area contributed by atoms with Crippen LogP contribution in [0.5, 0.6) is 17.2 Å². The molecule has 0 bridgehead atoms. The number of hydrogen-bond donors (Lipinski definition) is 3. The van der Waals surface area contributed by atoms with Crippen LogP contribution in [0.15, 0.2) is 36.4 Å². The maximum atomic E-state index is 12.8. The minimum Gasteiger partial charge on any atom is -0.497 e. The number of hydrogen-bond acceptors (Lipinski definition) is 4. The molecular formula is C24H35N3O4+2. The SMILES string of the molecule is COc1cccc(NC(=O)[C@H](C)[NH+]2CC[NH+](Cc3cc(OC)c(OC)cc3C)CC2)c1. The molecule has 1 atom stereocenters. The van der Waals surface area contributed by atoms with Crippen LogP contribution in [0.4, 0.5) is 5.69 Å². The minimum absolute atomic E-state index is 0.0439. The van der Waals surface area contributed by atoms with Crippen LogP contribution in [0.3, 0.4) is 0 Å². The van der Waals surface area contributed by atoms with Crippen molar-refractivity contribution in [2.75, 3.05) is 52.8 Å². The molecule has 2 aromatic carbocycles. The summed E-state index contributed by atoms with van der Waals surface area (Å²) in [6, 6.07) is 11.5. The number of carbonyl (C=O) groups excluding carboxylic acids is 1. The first-order chi connectivity index (χ1) is 14.9. The van der Waals surface area contributed by atoms with E-state index in [1.807, 2.05) is 37.3 Å². The molecule has 1 saturated heterocycles. The van der Waals surface area contributed by atoms with E-state index < -0.39 is 0 Å². The number of methoxy groups -OCH3 is 3. The zero-order valence-electron chi connectivity index (χ0n) is 19.2. The Bertz CT molecular complexity index is 894. The van der Waals surface area contributed by atoms with Gasteiger partial charge in [-0.05, 0) is 43.7 Å². The van der Waals surface area contributed by atoms with Crippen LogP contribution in [-0.4, -0.2) is 59.5 Å². The predicted molar refractivity (Wildman–Crippen MR) is 120 cm³/mol. The fraction of sp³-hybridized carbons (Fsp3) is 0.458. The van der Waals surface area contributed by atoms with E-state index in [0.29, 0.717) is 0 Å². The second kappa shape index (κ2) is 10.5. The Hall–Kier alpha value is -2.77. The number of piperazine rings is 1. The van der Waals surface area contributed by atoms with Crippen LogP contribution in [0.2, 0.25) is 0 Å². The number of benzene rings is 2. The van der Waals surface area contributed by atoms with Crippen molar-refractivity contribution in [3.05, 3.63) is 47.5 Å². The average Bonchev–Trinajstić information content (AvgIpc) is 2.80. The summed E-state index contributed by atoms with van der Waals surface area (Å²) < 4.78 is 16.1. The van der Waals surface area contributed by atoms with E-state index in [0.717, 1.165) is 55.7 Å². The van der Waals surface area contributed by atoms with Gasteiger partial charge in [-0.1, -0.05) is 6.07 Å². The van der Waals surface area contributed by atoms with Gasteiger partial charge in [-0.2, -0.15) is 0 Å². The van der Waals surface area contributed by atoms with Crippen molar-refractivity contribution in [3.8, 4) is 17.2 Å². The third kappa shape index (κ3) is 5.68. The van der Waals surface area contributed by atoms with Gasteiger partial charge in [0.1, 0.15) is 38.5 Å². The largest absolute Gasteiger partial charge is 0.497 e. The molecular weight excluding hydrogens is 394 g/mol. The summed E-state index contributed by atoms with van der Waals surface area (Å²) in [5.74, 6) is 2.32. The number of amides is 1. The molecule has 0 spiro atoms. The lowest BCUT2D eigenvalue weighted by Gasteiger charge is -2.33. The van der Waals surface area contributed by atoms with E-state index in [1.54, 1.807) is 21.3 Å². The molecule has 1 aliphatic heterocycles. The third-order valence-electron chi connectivity index (χ3n) is 6.22. The number of aryl methyl sites for hydroxylation is 1. The van der Waals surface area contributed by atoms with Crippen molar-refractivity contribution < 1.29 is 28.8 Å². The van der Waals surface area contributed by atoms with Crippen molar-refractivity contribution >= 4 is 11.6 Å². The summed E-state index contributed by atoms with van der Waals surface area (Å²) in [5.41, 5.74) is 3.26. The smallest absolute Gasteiger partial charge is 0.282 e. The first-order valence-electron chi connectivity index (χ1n) is 10.8. The van der Waals surface area contributed by atoms with Gasteiger partial charge in [-0.15, -0.1) is 0 Å². The molecule has 1 aliphatic rings. The van der Waals surface area contributed by atoms with Gasteiger partial charge in [0.15, 0.2) is 17.5 Å². The Balaban J connectivity index is 1.54. The molecule has 7 nitrogen and oxygen atoms in total. The molecule has 31 heavy (non-hydrogen) atoms. The summed E-state index contributed by atoms with van der Waals surface area (Å²) in [5, 5.41) is 3.02. The first kappa shape index (κ1) is 22.9. The summed E-state index contributed by atoms with van der Waals surface area (Å²) in [7, 11) is 4.96. The molecule has 0 aliphatic carbocycles. The number of ether oxygens (including phenoxy) is 3. The van der Waals surface area contributed by atoms with Gasteiger partial charge in [0.05, 0.1) is 21.3 Å². The van der Waals surface area contributed by atoms with Gasteiger partial charge in [0, 0.05) is 17.3 Å². The zero-order chi connectivity index (χ0) is 22.4. The highest BCUT2D eigenvalue weighted by atomic mass is 16.5. The van der Waals surface area contributed by atoms with Gasteiger partial charge in [0.2, 0.25) is 0 Å². The highest BCUT2D eigenvalue weighted by Gasteiger charge is 2.31. The lowest BCUT2D eigenvalue weighted by molar-refractivity contribution is -1.02. The van der Waals surface area contributed by atoms with Crippen LogP contribution >= 0.6 is 0 Å². The molecule has 0 saturated carbocycles. The first-order valence-corrected chi connectivity index (χ1v) is 10.8. The Labute approximate surface area is 184 Å². The normalized spacial score (nSPS) is 19.4. The maximum absolute atomic E-state index is 12.8. The third-order valence-corrected chi connectivity index (χ3v) is 6.22. The van der Waals surface area contributed by atoms with Crippen molar-refractivity contribution in [2.45, 2.75) is 26.4 Å². The average molecular weight is 430 g/mol. The van der Waals surface area contributed by atoms with E-state index in [9.17, 15) is 4.79 Å². The molecule has 0 radical (unpaired) electrons. The number of carbonyl (C=O) groups is 1. The minimum atomic E-state index is -0.101. The van der Waals surface area contributed by atoms with Crippen LogP contribution in [0.1, 0.15) is 18.1 Å². The van der Waals surface area contributed by atoms with Gasteiger partial charge < -0.3 is 29.3 Å². The fourth-order valence-corrected chi connectivity index (χ4v) is 4.15. The predicted octanol–water partition coefficient (Wildman–Crippen LogP) is 0.331. The van der Waals surface area contributed by atoms with Crippen LogP contribution in [0.25, 0.3) is 0 Å². The van der Waals surface area contributed by atoms with E-state index in [4.69, 9.17) is 14.2 Å². The van der Waals surface area contributed by atoms with Crippen molar-refractivity contribution in [1.82, 2.24) is 0 Å². The molecule has 1 heterocycles. The Morgan fingerprint density at radius 1 is 1.00 bits per heavy atom. The monoisotopic (exact) mass is 429 g/mol. The van der Waals surface area contributed by atoms with Crippen molar-refractivity contribution in [3.63, 3.8) is 0 Å². The molecule has 7 heteroatoms. The Kier molecular flexibility index (Phi) is 7.76. The molecule has 3 rings (SSSR count). The van der Waals surface area contributed by atoms with Crippen molar-refractivity contribution in [1.29, 1.82) is 0 Å². The van der Waals surface area contributed by atoms with E-state index >= 15 is 0 Å². The van der Waals surface area contributed by atoms with Gasteiger partial charge >= 0.3 is 0 Å². The summed E-state index contributed by atoms with van der Waals surface area (Å²) in [4.78, 5) is 15.6. The van der Waals surface area contributed by atoms with Crippen LogP contribution in [0, 0.1) is 6.92 Å². The molecule has 2 aromatic rings. The van der Waals surface area contributed by atoms with Gasteiger partial charge in [0.25, 0.3) is 5.91 Å². The molecule has 1 fully saturated rings. The second-order valence-electron chi connectivity index (χ2n) is 8.16. The zero-order valence-corrected chi connectivity index (χ0v) is 19.2. The standard InChI is InChI=1S/C24H33N3O4/c1-17-13-22(30-4)23(31-5)14-19(17)16-26-9-11-27(12-10-26)18(2)24(28)25-20-7-6-8-21(15-20)29-3/h6-8,13-15,18H,9-12,16H2,1-5H3,(H,25,28)/p+2/t18-/m0/s1. The lowest BCUT2D eigenvalue weighted by atomic mass is 10.1. The van der Waals surface area contributed by atoms with E-state index in [1.165, 1.54) is 20.9 Å². The van der Waals surface area contributed by atoms with E-state index in [2.05, 4.69) is 18.3 Å². The summed E-state index contributed by atoms with van der Waals surface area (Å²) in [6.45, 7) is 9.06. The molecule has 168 valence electrons. The summed E-state index contributed by atoms with van der Waals surface area (Å²) >= 11 is 0. The molecule has 3 N–H and O–H groups in total. The lowest BCUT2D eigenvalue weighted by Crippen LogP contribution is -3.29. The van der Waals surface area contributed by atoms with Crippen molar-refractivity contribution in [2.24, 2.45) is 0 Å². The quantitative estimate of drug-likeness (QED) is 0.566. The molecule has 0 aromatic heterocycles. The Morgan fingerprint density at radius 3 is 2.32 bits per heavy atom. The highest BCUT2D eigenvalue weighted by molar-refractivity contribution is 5.93. The van der Waals surface area contributed by atoms with E-state index in [-0.39, 0.29) is 11.9 Å². The number of anilines is 1. The Morgan fingerprint density at radius 2 is 1.68 bits per heavy atom. The topological polar surface area (TPSA) is 65.7 Å².